The molecule has 4 N–H and O–H groups in total. The highest BCUT2D eigenvalue weighted by Gasteiger charge is 2.38. The summed E-state index contributed by atoms with van der Waals surface area (Å²) in [6, 6.07) is 3.50. The van der Waals surface area contributed by atoms with Crippen molar-refractivity contribution in [2.75, 3.05) is 12.0 Å². The van der Waals surface area contributed by atoms with Gasteiger partial charge in [0.1, 0.15) is 18.0 Å². The van der Waals surface area contributed by atoms with Gasteiger partial charge in [-0.2, -0.15) is 0 Å². The predicted octanol–water partition coefficient (Wildman–Crippen LogP) is 0.760. The van der Waals surface area contributed by atoms with Gasteiger partial charge < -0.3 is 10.6 Å². The number of amides is 3. The van der Waals surface area contributed by atoms with Crippen molar-refractivity contribution in [2.24, 2.45) is 5.73 Å². The van der Waals surface area contributed by atoms with Crippen LogP contribution in [0.3, 0.4) is 0 Å². The Morgan fingerprint density at radius 2 is 1.95 bits per heavy atom. The first-order valence-corrected chi connectivity index (χ1v) is 5.99. The van der Waals surface area contributed by atoms with Crippen LogP contribution in [0.5, 0.6) is 0 Å². The van der Waals surface area contributed by atoms with Gasteiger partial charge in [0, 0.05) is 6.42 Å². The molecule has 3 amide bonds. The van der Waals surface area contributed by atoms with Crippen LogP contribution in [0.1, 0.15) is 6.42 Å². The number of likely N-dealkylation sites (tertiary alicyclic amines) is 1. The van der Waals surface area contributed by atoms with Gasteiger partial charge in [-0.3, -0.25) is 15.6 Å². The molecule has 0 spiro atoms. The van der Waals surface area contributed by atoms with E-state index in [4.69, 9.17) is 5.73 Å². The quantitative estimate of drug-likeness (QED) is 0.716. The zero-order valence-electron chi connectivity index (χ0n) is 10.5. The van der Waals surface area contributed by atoms with Crippen LogP contribution in [0.2, 0.25) is 0 Å². The normalized spacial score (nSPS) is 21.6. The summed E-state index contributed by atoms with van der Waals surface area (Å²) in [7, 11) is 0. The lowest BCUT2D eigenvalue weighted by Crippen LogP contribution is -2.49. The Balaban J connectivity index is 1.94. The van der Waals surface area contributed by atoms with Gasteiger partial charge in [-0.05, 0) is 24.3 Å². The summed E-state index contributed by atoms with van der Waals surface area (Å²) in [6.45, 7) is -0.191. The molecule has 1 aliphatic heterocycles. The summed E-state index contributed by atoms with van der Waals surface area (Å²) < 4.78 is 26.0. The highest BCUT2D eigenvalue weighted by atomic mass is 19.1. The third kappa shape index (κ3) is 3.14. The van der Waals surface area contributed by atoms with Crippen LogP contribution in [0.15, 0.2) is 24.3 Å². The Morgan fingerprint density at radius 1 is 1.30 bits per heavy atom. The Bertz CT molecular complexity index is 509. The molecule has 2 atom stereocenters. The molecule has 0 aliphatic carbocycles. The Morgan fingerprint density at radius 3 is 2.55 bits per heavy atom. The van der Waals surface area contributed by atoms with Crippen LogP contribution < -0.4 is 16.6 Å². The third-order valence-electron chi connectivity index (χ3n) is 3.01. The largest absolute Gasteiger partial charge is 0.351 e. The lowest BCUT2D eigenvalue weighted by atomic mass is 10.2. The highest BCUT2D eigenvalue weighted by molar-refractivity contribution is 5.88. The van der Waals surface area contributed by atoms with Gasteiger partial charge in [0.15, 0.2) is 0 Å². The molecule has 1 aromatic rings. The number of hydrogen-bond acceptors (Lipinski definition) is 3. The molecular formula is C12H14F2N4O2. The average molecular weight is 284 g/mol. The van der Waals surface area contributed by atoms with E-state index in [1.165, 1.54) is 24.3 Å². The number of urea groups is 1. The van der Waals surface area contributed by atoms with E-state index in [9.17, 15) is 18.4 Å². The van der Waals surface area contributed by atoms with E-state index in [2.05, 4.69) is 10.9 Å². The summed E-state index contributed by atoms with van der Waals surface area (Å²) in [6.07, 6.45) is -1.37. The molecule has 6 nitrogen and oxygen atoms in total. The predicted molar refractivity (Wildman–Crippen MR) is 67.8 cm³/mol. The van der Waals surface area contributed by atoms with Crippen LogP contribution in [-0.2, 0) is 4.79 Å². The van der Waals surface area contributed by atoms with Crippen molar-refractivity contribution in [3.8, 4) is 0 Å². The SMILES string of the molecule is NC(=O)N1C[C@@H](F)C[C@H]1C(=O)NNc1ccc(F)cc1. The lowest BCUT2D eigenvalue weighted by molar-refractivity contribution is -0.124. The molecule has 2 rings (SSSR count). The topological polar surface area (TPSA) is 87.5 Å². The summed E-state index contributed by atoms with van der Waals surface area (Å²) in [4.78, 5) is 24.0. The first kappa shape index (κ1) is 14.0. The zero-order chi connectivity index (χ0) is 14.7. The van der Waals surface area contributed by atoms with Crippen molar-refractivity contribution in [1.29, 1.82) is 0 Å². The molecule has 1 aromatic carbocycles. The number of primary amides is 1. The van der Waals surface area contributed by atoms with E-state index in [0.29, 0.717) is 5.69 Å². The van der Waals surface area contributed by atoms with Gasteiger partial charge in [-0.1, -0.05) is 0 Å². The van der Waals surface area contributed by atoms with Gasteiger partial charge in [0.2, 0.25) is 0 Å². The van der Waals surface area contributed by atoms with E-state index in [-0.39, 0.29) is 13.0 Å². The Labute approximate surface area is 113 Å². The van der Waals surface area contributed by atoms with Crippen LogP contribution in [0, 0.1) is 5.82 Å². The fraction of sp³-hybridized carbons (Fsp3) is 0.333. The first-order valence-electron chi connectivity index (χ1n) is 5.99. The van der Waals surface area contributed by atoms with E-state index in [1.54, 1.807) is 0 Å². The molecule has 20 heavy (non-hydrogen) atoms. The number of hydrazine groups is 1. The van der Waals surface area contributed by atoms with Gasteiger partial charge in [0.05, 0.1) is 12.2 Å². The number of anilines is 1. The molecule has 0 radical (unpaired) electrons. The molecule has 1 fully saturated rings. The molecule has 8 heteroatoms. The Kier molecular flexibility index (Phi) is 4.02. The zero-order valence-corrected chi connectivity index (χ0v) is 10.5. The maximum absolute atomic E-state index is 13.3. The second kappa shape index (κ2) is 5.72. The second-order valence-electron chi connectivity index (χ2n) is 4.46. The molecule has 0 saturated carbocycles. The number of carbonyl (C=O) groups is 2. The smallest absolute Gasteiger partial charge is 0.315 e. The average Bonchev–Trinajstić information content (AvgIpc) is 2.80. The van der Waals surface area contributed by atoms with Crippen molar-refractivity contribution in [3.63, 3.8) is 0 Å². The number of carbonyl (C=O) groups excluding carboxylic acids is 2. The third-order valence-corrected chi connectivity index (χ3v) is 3.01. The lowest BCUT2D eigenvalue weighted by Gasteiger charge is -2.21. The van der Waals surface area contributed by atoms with Crippen LogP contribution in [-0.4, -0.2) is 35.6 Å². The second-order valence-corrected chi connectivity index (χ2v) is 4.46. The molecule has 1 heterocycles. The van der Waals surface area contributed by atoms with Crippen LogP contribution in [0.4, 0.5) is 19.3 Å². The minimum absolute atomic E-state index is 0.0974. The van der Waals surface area contributed by atoms with Crippen LogP contribution in [0.25, 0.3) is 0 Å². The number of nitrogens with two attached hydrogens (primary N) is 1. The minimum atomic E-state index is -1.27. The van der Waals surface area contributed by atoms with E-state index in [0.717, 1.165) is 4.90 Å². The number of nitrogens with one attached hydrogen (secondary N) is 2. The summed E-state index contributed by atoms with van der Waals surface area (Å²) in [5.74, 6) is -0.980. The minimum Gasteiger partial charge on any atom is -0.351 e. The molecule has 0 aromatic heterocycles. The first-order chi connectivity index (χ1) is 9.47. The fourth-order valence-electron chi connectivity index (χ4n) is 2.03. The fourth-order valence-corrected chi connectivity index (χ4v) is 2.03. The Hall–Kier alpha value is -2.38. The number of benzene rings is 1. The molecule has 0 bridgehead atoms. The van der Waals surface area contributed by atoms with E-state index >= 15 is 0 Å². The van der Waals surface area contributed by atoms with Gasteiger partial charge in [0.25, 0.3) is 5.91 Å². The summed E-state index contributed by atoms with van der Waals surface area (Å²) in [5, 5.41) is 0. The van der Waals surface area contributed by atoms with Gasteiger partial charge in [-0.15, -0.1) is 0 Å². The maximum Gasteiger partial charge on any atom is 0.315 e. The number of rotatable bonds is 3. The summed E-state index contributed by atoms with van der Waals surface area (Å²) in [5.41, 5.74) is 10.4. The molecule has 1 aliphatic rings. The monoisotopic (exact) mass is 284 g/mol. The van der Waals surface area contributed by atoms with E-state index < -0.39 is 30.0 Å². The van der Waals surface area contributed by atoms with Crippen molar-refractivity contribution in [3.05, 3.63) is 30.1 Å². The standard InChI is InChI=1S/C12H14F2N4O2/c13-7-1-3-9(4-2-7)16-17-11(19)10-5-8(14)6-18(10)12(15)20/h1-4,8,10,16H,5-6H2,(H2,15,20)(H,17,19)/t8-,10-/m0/s1. The number of alkyl halides is 1. The highest BCUT2D eigenvalue weighted by Crippen LogP contribution is 2.20. The maximum atomic E-state index is 13.3. The molecular weight excluding hydrogens is 270 g/mol. The van der Waals surface area contributed by atoms with E-state index in [1.807, 2.05) is 0 Å². The summed E-state index contributed by atoms with van der Waals surface area (Å²) >= 11 is 0. The number of hydrogen-bond donors (Lipinski definition) is 3. The number of halogens is 2. The van der Waals surface area contributed by atoms with Gasteiger partial charge in [-0.25, -0.2) is 13.6 Å². The van der Waals surface area contributed by atoms with Crippen molar-refractivity contribution < 1.29 is 18.4 Å². The molecule has 0 unspecified atom stereocenters. The molecule has 1 saturated heterocycles. The van der Waals surface area contributed by atoms with Gasteiger partial charge >= 0.3 is 6.03 Å². The van der Waals surface area contributed by atoms with Crippen molar-refractivity contribution in [2.45, 2.75) is 18.6 Å². The van der Waals surface area contributed by atoms with Crippen LogP contribution >= 0.6 is 0 Å². The number of nitrogens with zero attached hydrogens (tertiary/aromatic N) is 1. The van der Waals surface area contributed by atoms with Crippen molar-refractivity contribution >= 4 is 17.6 Å². The molecule has 108 valence electrons. The van der Waals surface area contributed by atoms with Crippen molar-refractivity contribution in [1.82, 2.24) is 10.3 Å².